The number of allylic oxidation sites excluding steroid dienone is 3. The Morgan fingerprint density at radius 1 is 1.60 bits per heavy atom. The number of dihydropyridines is 1. The second-order valence-corrected chi connectivity index (χ2v) is 1.92. The van der Waals surface area contributed by atoms with Crippen molar-refractivity contribution in [1.82, 2.24) is 0 Å². The molecule has 0 aromatic rings. The van der Waals surface area contributed by atoms with E-state index in [0.29, 0.717) is 0 Å². The molecule has 0 saturated carbocycles. The predicted octanol–water partition coefficient (Wildman–Crippen LogP) is 1.60. The Hall–Kier alpha value is -1.18. The Labute approximate surface area is 60.7 Å². The number of aliphatic imine (C=N–C) groups is 2. The first-order valence-corrected chi connectivity index (χ1v) is 3.22. The van der Waals surface area contributed by atoms with Crippen molar-refractivity contribution in [1.29, 1.82) is 0 Å². The highest BCUT2D eigenvalue weighted by atomic mass is 14.8. The van der Waals surface area contributed by atoms with E-state index < -0.39 is 0 Å². The van der Waals surface area contributed by atoms with Crippen LogP contribution in [0, 0.1) is 0 Å². The molecule has 0 atom stereocenters. The van der Waals surface area contributed by atoms with E-state index in [0.717, 1.165) is 11.4 Å². The molecule has 0 saturated heterocycles. The third-order valence-corrected chi connectivity index (χ3v) is 1.33. The second-order valence-electron chi connectivity index (χ2n) is 1.92. The number of hydrogen-bond donors (Lipinski definition) is 0. The van der Waals surface area contributed by atoms with E-state index in [4.69, 9.17) is 0 Å². The van der Waals surface area contributed by atoms with Crippen LogP contribution < -0.4 is 0 Å². The zero-order chi connectivity index (χ0) is 7.40. The molecule has 2 nitrogen and oxygen atoms in total. The first-order chi connectivity index (χ1) is 4.88. The van der Waals surface area contributed by atoms with Gasteiger partial charge in [-0.05, 0) is 19.1 Å². The molecule has 0 fully saturated rings. The van der Waals surface area contributed by atoms with E-state index in [9.17, 15) is 0 Å². The summed E-state index contributed by atoms with van der Waals surface area (Å²) >= 11 is 0. The van der Waals surface area contributed by atoms with Gasteiger partial charge < -0.3 is 0 Å². The van der Waals surface area contributed by atoms with E-state index in [-0.39, 0.29) is 0 Å². The van der Waals surface area contributed by atoms with Crippen molar-refractivity contribution in [3.8, 4) is 0 Å². The lowest BCUT2D eigenvalue weighted by molar-refractivity contribution is 1.36. The summed E-state index contributed by atoms with van der Waals surface area (Å²) in [6, 6.07) is 0. The van der Waals surface area contributed by atoms with Gasteiger partial charge in [-0.15, -0.1) is 0 Å². The fraction of sp³-hybridized carbons (Fsp3) is 0.250. The van der Waals surface area contributed by atoms with Crippen molar-refractivity contribution in [3.05, 3.63) is 23.9 Å². The van der Waals surface area contributed by atoms with Crippen LogP contribution in [0.3, 0.4) is 0 Å². The van der Waals surface area contributed by atoms with Crippen molar-refractivity contribution in [2.45, 2.75) is 6.92 Å². The van der Waals surface area contributed by atoms with Crippen molar-refractivity contribution in [3.63, 3.8) is 0 Å². The van der Waals surface area contributed by atoms with Crippen molar-refractivity contribution in [2.24, 2.45) is 9.98 Å². The fourth-order valence-corrected chi connectivity index (χ4v) is 0.821. The Morgan fingerprint density at radius 2 is 2.40 bits per heavy atom. The van der Waals surface area contributed by atoms with E-state index in [1.807, 2.05) is 25.2 Å². The molecule has 0 bridgehead atoms. The maximum atomic E-state index is 4.12. The molecule has 1 heterocycles. The standard InChI is InChI=1S/C8H10N2/c1-3-7-8(9-2)5-4-6-10-7/h3-6H,1-2H3/b7-3+,9-8-. The Morgan fingerprint density at radius 3 is 2.90 bits per heavy atom. The van der Waals surface area contributed by atoms with Crippen LogP contribution in [-0.2, 0) is 0 Å². The molecule has 1 aliphatic rings. The third-order valence-electron chi connectivity index (χ3n) is 1.33. The molecular formula is C8H10N2. The minimum Gasteiger partial charge on any atom is -0.286 e. The SMILES string of the molecule is C/C=C1/N=CC=C/C1=N/C. The Balaban J connectivity index is 2.96. The van der Waals surface area contributed by atoms with Crippen LogP contribution in [0.5, 0.6) is 0 Å². The predicted molar refractivity (Wildman–Crippen MR) is 44.7 cm³/mol. The summed E-state index contributed by atoms with van der Waals surface area (Å²) in [6.07, 6.45) is 7.55. The smallest absolute Gasteiger partial charge is 0.0838 e. The number of rotatable bonds is 0. The van der Waals surface area contributed by atoms with Gasteiger partial charge in [-0.25, -0.2) is 0 Å². The zero-order valence-corrected chi connectivity index (χ0v) is 6.20. The lowest BCUT2D eigenvalue weighted by Crippen LogP contribution is -2.00. The monoisotopic (exact) mass is 134 g/mol. The topological polar surface area (TPSA) is 24.7 Å². The maximum Gasteiger partial charge on any atom is 0.0838 e. The maximum absolute atomic E-state index is 4.12. The first kappa shape index (κ1) is 6.93. The molecule has 10 heavy (non-hydrogen) atoms. The van der Waals surface area contributed by atoms with Crippen LogP contribution in [0.15, 0.2) is 33.9 Å². The van der Waals surface area contributed by atoms with Gasteiger partial charge in [0.1, 0.15) is 0 Å². The van der Waals surface area contributed by atoms with Gasteiger partial charge in [0.2, 0.25) is 0 Å². The van der Waals surface area contributed by atoms with Gasteiger partial charge in [-0.3, -0.25) is 9.98 Å². The molecule has 1 rings (SSSR count). The average Bonchev–Trinajstić information content (AvgIpc) is 2.04. The highest BCUT2D eigenvalue weighted by Gasteiger charge is 2.00. The van der Waals surface area contributed by atoms with E-state index in [1.54, 1.807) is 13.3 Å². The third kappa shape index (κ3) is 1.21. The lowest BCUT2D eigenvalue weighted by Gasteiger charge is -2.02. The van der Waals surface area contributed by atoms with Gasteiger partial charge >= 0.3 is 0 Å². The van der Waals surface area contributed by atoms with Crippen LogP contribution >= 0.6 is 0 Å². The molecule has 0 N–H and O–H groups in total. The average molecular weight is 134 g/mol. The number of hydrogen-bond acceptors (Lipinski definition) is 2. The quantitative estimate of drug-likeness (QED) is 0.480. The minimum atomic E-state index is 0.949. The van der Waals surface area contributed by atoms with E-state index in [1.165, 1.54) is 0 Å². The van der Waals surface area contributed by atoms with Crippen LogP contribution in [0.2, 0.25) is 0 Å². The molecule has 0 aromatic heterocycles. The minimum absolute atomic E-state index is 0.949. The van der Waals surface area contributed by atoms with Crippen LogP contribution in [0.1, 0.15) is 6.92 Å². The van der Waals surface area contributed by atoms with Gasteiger partial charge in [0.25, 0.3) is 0 Å². The summed E-state index contributed by atoms with van der Waals surface area (Å²) in [5.74, 6) is 0. The van der Waals surface area contributed by atoms with E-state index >= 15 is 0 Å². The molecule has 0 aliphatic carbocycles. The van der Waals surface area contributed by atoms with Gasteiger partial charge in [-0.1, -0.05) is 6.08 Å². The highest BCUT2D eigenvalue weighted by Crippen LogP contribution is 2.04. The Bertz CT molecular complexity index is 206. The summed E-state index contributed by atoms with van der Waals surface area (Å²) in [6.45, 7) is 1.96. The molecule has 0 amide bonds. The van der Waals surface area contributed by atoms with Gasteiger partial charge in [0, 0.05) is 13.3 Å². The molecule has 52 valence electrons. The van der Waals surface area contributed by atoms with Gasteiger partial charge in [0.15, 0.2) is 0 Å². The Kier molecular flexibility index (Phi) is 2.15. The van der Waals surface area contributed by atoms with Crippen LogP contribution in [-0.4, -0.2) is 19.0 Å². The first-order valence-electron chi connectivity index (χ1n) is 3.22. The lowest BCUT2D eigenvalue weighted by atomic mass is 10.2. The van der Waals surface area contributed by atoms with Gasteiger partial charge in [-0.2, -0.15) is 0 Å². The second kappa shape index (κ2) is 3.11. The zero-order valence-electron chi connectivity index (χ0n) is 6.20. The fourth-order valence-electron chi connectivity index (χ4n) is 0.821. The van der Waals surface area contributed by atoms with Crippen LogP contribution in [0.4, 0.5) is 0 Å². The highest BCUT2D eigenvalue weighted by molar-refractivity contribution is 6.12. The molecule has 0 spiro atoms. The van der Waals surface area contributed by atoms with Crippen LogP contribution in [0.25, 0.3) is 0 Å². The summed E-state index contributed by atoms with van der Waals surface area (Å²) in [5, 5.41) is 0. The molecule has 0 radical (unpaired) electrons. The van der Waals surface area contributed by atoms with Crippen molar-refractivity contribution >= 4 is 11.9 Å². The van der Waals surface area contributed by atoms with E-state index in [2.05, 4.69) is 9.98 Å². The van der Waals surface area contributed by atoms with Crippen molar-refractivity contribution < 1.29 is 0 Å². The molecule has 0 aromatic carbocycles. The van der Waals surface area contributed by atoms with Gasteiger partial charge in [0.05, 0.1) is 11.4 Å². The molecule has 2 heteroatoms. The molecule has 1 aliphatic heterocycles. The summed E-state index contributed by atoms with van der Waals surface area (Å²) < 4.78 is 0. The molecule has 0 unspecified atom stereocenters. The summed E-state index contributed by atoms with van der Waals surface area (Å²) in [5.41, 5.74) is 1.90. The summed E-state index contributed by atoms with van der Waals surface area (Å²) in [4.78, 5) is 8.17. The largest absolute Gasteiger partial charge is 0.286 e. The summed E-state index contributed by atoms with van der Waals surface area (Å²) in [7, 11) is 1.77. The normalized spacial score (nSPS) is 24.6. The molecular weight excluding hydrogens is 124 g/mol. The van der Waals surface area contributed by atoms with Crippen molar-refractivity contribution in [2.75, 3.05) is 7.05 Å². The number of nitrogens with zero attached hydrogens (tertiary/aromatic N) is 2.